The molecule has 7 heteroatoms. The van der Waals surface area contributed by atoms with Gasteiger partial charge >= 0.3 is 6.03 Å². The van der Waals surface area contributed by atoms with E-state index in [1.807, 2.05) is 0 Å². The third kappa shape index (κ3) is 4.08. The first-order valence-corrected chi connectivity index (χ1v) is 7.47. The average Bonchev–Trinajstić information content (AvgIpc) is 2.43. The van der Waals surface area contributed by atoms with Crippen LogP contribution in [0.15, 0.2) is 21.5 Å². The summed E-state index contributed by atoms with van der Waals surface area (Å²) in [4.78, 5) is 23.3. The molecule has 6 nitrogen and oxygen atoms in total. The predicted molar refractivity (Wildman–Crippen MR) is 82.0 cm³/mol. The SMILES string of the molecule is Cn1cc(NC(=O)NCC2CCCNC2)cc(Br)c1=O. The number of aromatic nitrogens is 1. The number of pyridine rings is 1. The summed E-state index contributed by atoms with van der Waals surface area (Å²) in [5, 5.41) is 8.91. The molecule has 110 valence electrons. The second kappa shape index (κ2) is 6.90. The van der Waals surface area contributed by atoms with Crippen molar-refractivity contribution < 1.29 is 4.79 Å². The van der Waals surface area contributed by atoms with Crippen LogP contribution in [0, 0.1) is 5.92 Å². The Morgan fingerprint density at radius 2 is 2.40 bits per heavy atom. The van der Waals surface area contributed by atoms with Crippen molar-refractivity contribution in [3.63, 3.8) is 0 Å². The molecule has 0 aromatic carbocycles. The van der Waals surface area contributed by atoms with Crippen molar-refractivity contribution in [1.82, 2.24) is 15.2 Å². The molecule has 1 atom stereocenters. The number of rotatable bonds is 3. The topological polar surface area (TPSA) is 75.2 Å². The van der Waals surface area contributed by atoms with Gasteiger partial charge in [0, 0.05) is 19.8 Å². The quantitative estimate of drug-likeness (QED) is 0.774. The van der Waals surface area contributed by atoms with Crippen molar-refractivity contribution in [2.45, 2.75) is 12.8 Å². The Kier molecular flexibility index (Phi) is 5.19. The summed E-state index contributed by atoms with van der Waals surface area (Å²) in [6.07, 6.45) is 3.88. The van der Waals surface area contributed by atoms with Crippen molar-refractivity contribution in [2.24, 2.45) is 13.0 Å². The summed E-state index contributed by atoms with van der Waals surface area (Å²) in [5.74, 6) is 0.487. The van der Waals surface area contributed by atoms with Gasteiger partial charge in [-0.1, -0.05) is 0 Å². The number of carbonyl (C=O) groups is 1. The van der Waals surface area contributed by atoms with Gasteiger partial charge in [-0.25, -0.2) is 4.79 Å². The van der Waals surface area contributed by atoms with Gasteiger partial charge in [0.25, 0.3) is 5.56 Å². The Hall–Kier alpha value is -1.34. The zero-order valence-electron chi connectivity index (χ0n) is 11.4. The molecular formula is C13H19BrN4O2. The minimum Gasteiger partial charge on any atom is -0.338 e. The van der Waals surface area contributed by atoms with Crippen LogP contribution in [-0.4, -0.2) is 30.2 Å². The van der Waals surface area contributed by atoms with Crippen molar-refractivity contribution in [1.29, 1.82) is 0 Å². The number of urea groups is 1. The molecule has 1 aliphatic heterocycles. The molecule has 0 aliphatic carbocycles. The molecule has 1 aliphatic rings. The molecule has 1 unspecified atom stereocenters. The third-order valence-electron chi connectivity index (χ3n) is 3.35. The van der Waals surface area contributed by atoms with E-state index in [9.17, 15) is 9.59 Å². The van der Waals surface area contributed by atoms with Gasteiger partial charge < -0.3 is 20.5 Å². The molecule has 2 rings (SSSR count). The number of nitrogens with zero attached hydrogens (tertiary/aromatic N) is 1. The van der Waals surface area contributed by atoms with E-state index in [-0.39, 0.29) is 11.6 Å². The number of carbonyl (C=O) groups excluding carboxylic acids is 1. The van der Waals surface area contributed by atoms with Crippen LogP contribution in [0.4, 0.5) is 10.5 Å². The molecular weight excluding hydrogens is 324 g/mol. The number of amides is 2. The summed E-state index contributed by atoms with van der Waals surface area (Å²) in [7, 11) is 1.64. The second-order valence-electron chi connectivity index (χ2n) is 5.04. The first-order chi connectivity index (χ1) is 9.56. The minimum absolute atomic E-state index is 0.135. The van der Waals surface area contributed by atoms with Crippen LogP contribution in [0.5, 0.6) is 0 Å². The van der Waals surface area contributed by atoms with Gasteiger partial charge in [0.15, 0.2) is 0 Å². The van der Waals surface area contributed by atoms with Gasteiger partial charge in [0.2, 0.25) is 0 Å². The van der Waals surface area contributed by atoms with Crippen molar-refractivity contribution in [3.8, 4) is 0 Å². The fourth-order valence-electron chi connectivity index (χ4n) is 2.25. The first kappa shape index (κ1) is 15.1. The highest BCUT2D eigenvalue weighted by Crippen LogP contribution is 2.11. The van der Waals surface area contributed by atoms with E-state index in [1.165, 1.54) is 4.57 Å². The summed E-state index contributed by atoms with van der Waals surface area (Å²) < 4.78 is 1.85. The van der Waals surface area contributed by atoms with E-state index in [0.717, 1.165) is 25.9 Å². The molecule has 0 saturated carbocycles. The lowest BCUT2D eigenvalue weighted by molar-refractivity contribution is 0.248. The van der Waals surface area contributed by atoms with E-state index >= 15 is 0 Å². The Labute approximate surface area is 126 Å². The normalized spacial score (nSPS) is 18.6. The molecule has 3 N–H and O–H groups in total. The monoisotopic (exact) mass is 342 g/mol. The van der Waals surface area contributed by atoms with Crippen LogP contribution in [0.3, 0.4) is 0 Å². The van der Waals surface area contributed by atoms with Gasteiger partial charge in [-0.2, -0.15) is 0 Å². The van der Waals surface area contributed by atoms with E-state index in [2.05, 4.69) is 31.9 Å². The highest BCUT2D eigenvalue weighted by Gasteiger charge is 2.14. The molecule has 1 saturated heterocycles. The summed E-state index contributed by atoms with van der Waals surface area (Å²) >= 11 is 3.18. The van der Waals surface area contributed by atoms with Crippen molar-refractivity contribution >= 4 is 27.6 Å². The van der Waals surface area contributed by atoms with E-state index in [0.29, 0.717) is 22.6 Å². The van der Waals surface area contributed by atoms with Gasteiger partial charge in [-0.3, -0.25) is 4.79 Å². The van der Waals surface area contributed by atoms with Gasteiger partial charge in [-0.05, 0) is 53.8 Å². The Morgan fingerprint density at radius 1 is 1.60 bits per heavy atom. The lowest BCUT2D eigenvalue weighted by Crippen LogP contribution is -2.39. The molecule has 1 aromatic rings. The zero-order valence-corrected chi connectivity index (χ0v) is 13.0. The lowest BCUT2D eigenvalue weighted by atomic mass is 10.00. The molecule has 2 heterocycles. The molecule has 1 aromatic heterocycles. The van der Waals surface area contributed by atoms with Crippen LogP contribution in [0.1, 0.15) is 12.8 Å². The largest absolute Gasteiger partial charge is 0.338 e. The third-order valence-corrected chi connectivity index (χ3v) is 3.92. The van der Waals surface area contributed by atoms with E-state index < -0.39 is 0 Å². The molecule has 1 fully saturated rings. The Morgan fingerprint density at radius 3 is 3.05 bits per heavy atom. The van der Waals surface area contributed by atoms with Gasteiger partial charge in [0.05, 0.1) is 10.2 Å². The van der Waals surface area contributed by atoms with Crippen LogP contribution in [0.2, 0.25) is 0 Å². The zero-order chi connectivity index (χ0) is 14.5. The van der Waals surface area contributed by atoms with Crippen LogP contribution in [0.25, 0.3) is 0 Å². The molecule has 0 spiro atoms. The molecule has 0 bridgehead atoms. The van der Waals surface area contributed by atoms with E-state index in [1.54, 1.807) is 19.3 Å². The van der Waals surface area contributed by atoms with Crippen molar-refractivity contribution in [3.05, 3.63) is 27.1 Å². The number of nitrogens with one attached hydrogen (secondary N) is 3. The maximum atomic E-state index is 11.8. The number of hydrogen-bond donors (Lipinski definition) is 3. The number of anilines is 1. The number of piperidine rings is 1. The standard InChI is InChI=1S/C13H19BrN4O2/c1-18-8-10(5-11(14)12(18)19)17-13(20)16-7-9-3-2-4-15-6-9/h5,8-9,15H,2-4,6-7H2,1H3,(H2,16,17,20). The summed E-state index contributed by atoms with van der Waals surface area (Å²) in [5.41, 5.74) is 0.447. The van der Waals surface area contributed by atoms with Gasteiger partial charge in [0.1, 0.15) is 0 Å². The lowest BCUT2D eigenvalue weighted by Gasteiger charge is -2.22. The molecule has 20 heavy (non-hydrogen) atoms. The Bertz CT molecular complexity index is 511. The predicted octanol–water partition coefficient (Wildman–Crippen LogP) is 1.27. The first-order valence-electron chi connectivity index (χ1n) is 6.68. The minimum atomic E-state index is -0.249. The highest BCUT2D eigenvalue weighted by atomic mass is 79.9. The smallest absolute Gasteiger partial charge is 0.319 e. The highest BCUT2D eigenvalue weighted by molar-refractivity contribution is 9.10. The average molecular weight is 343 g/mol. The van der Waals surface area contributed by atoms with Crippen LogP contribution < -0.4 is 21.5 Å². The second-order valence-corrected chi connectivity index (χ2v) is 5.89. The van der Waals surface area contributed by atoms with Gasteiger partial charge in [-0.15, -0.1) is 0 Å². The maximum Gasteiger partial charge on any atom is 0.319 e. The number of aryl methyl sites for hydroxylation is 1. The number of halogens is 1. The number of hydrogen-bond acceptors (Lipinski definition) is 3. The van der Waals surface area contributed by atoms with Crippen molar-refractivity contribution in [2.75, 3.05) is 25.0 Å². The summed E-state index contributed by atoms with van der Waals surface area (Å²) in [6, 6.07) is 1.35. The fraction of sp³-hybridized carbons (Fsp3) is 0.538. The molecule has 0 radical (unpaired) electrons. The maximum absolute atomic E-state index is 11.8. The summed E-state index contributed by atoms with van der Waals surface area (Å²) in [6.45, 7) is 2.67. The fourth-order valence-corrected chi connectivity index (χ4v) is 2.78. The Balaban J connectivity index is 1.86. The molecule has 2 amide bonds. The van der Waals surface area contributed by atoms with Crippen LogP contribution in [-0.2, 0) is 7.05 Å². The van der Waals surface area contributed by atoms with E-state index in [4.69, 9.17) is 0 Å². The van der Waals surface area contributed by atoms with Crippen LogP contribution >= 0.6 is 15.9 Å².